The summed E-state index contributed by atoms with van der Waals surface area (Å²) in [6.07, 6.45) is 1.08. The Kier molecular flexibility index (Phi) is 8.61. The molecule has 0 fully saturated rings. The highest BCUT2D eigenvalue weighted by Gasteiger charge is 2.08. The number of benzene rings is 2. The topological polar surface area (TPSA) is 69.7 Å². The maximum Gasteiger partial charge on any atom is 0.226 e. The molecule has 8 heteroatoms. The number of anilines is 1. The van der Waals surface area contributed by atoms with E-state index >= 15 is 0 Å². The third kappa shape index (κ3) is 7.18. The van der Waals surface area contributed by atoms with E-state index in [2.05, 4.69) is 10.3 Å². The van der Waals surface area contributed by atoms with Crippen LogP contribution in [0.25, 0.3) is 0 Å². The van der Waals surface area contributed by atoms with Crippen LogP contribution in [0, 0.1) is 0 Å². The molecule has 6 nitrogen and oxygen atoms in total. The summed E-state index contributed by atoms with van der Waals surface area (Å²) in [5.41, 5.74) is 3.18. The van der Waals surface area contributed by atoms with E-state index in [1.807, 2.05) is 47.8 Å². The fraction of sp³-hybridized carbons (Fsp3) is 0.304. The number of thiazole rings is 1. The van der Waals surface area contributed by atoms with Crippen molar-refractivity contribution in [1.82, 2.24) is 4.98 Å². The molecular formula is C23H26N2O4S2. The van der Waals surface area contributed by atoms with E-state index in [9.17, 15) is 4.79 Å². The zero-order valence-corrected chi connectivity index (χ0v) is 19.5. The van der Waals surface area contributed by atoms with Gasteiger partial charge in [0.15, 0.2) is 5.13 Å². The summed E-state index contributed by atoms with van der Waals surface area (Å²) in [5, 5.41) is 5.52. The second kappa shape index (κ2) is 11.6. The van der Waals surface area contributed by atoms with Crippen LogP contribution in [0.1, 0.15) is 23.2 Å². The van der Waals surface area contributed by atoms with Crippen molar-refractivity contribution in [2.75, 3.05) is 26.6 Å². The monoisotopic (exact) mass is 458 g/mol. The number of nitrogens with one attached hydrogen (secondary N) is 1. The van der Waals surface area contributed by atoms with E-state index in [1.165, 1.54) is 11.3 Å². The normalized spacial score (nSPS) is 10.5. The average molecular weight is 459 g/mol. The highest BCUT2D eigenvalue weighted by Crippen LogP contribution is 2.27. The number of hydrogen-bond acceptors (Lipinski definition) is 7. The lowest BCUT2D eigenvalue weighted by molar-refractivity contribution is -0.116. The lowest BCUT2D eigenvalue weighted by Gasteiger charge is -2.08. The lowest BCUT2D eigenvalue weighted by atomic mass is 10.1. The van der Waals surface area contributed by atoms with Gasteiger partial charge in [0.05, 0.1) is 27.0 Å². The minimum absolute atomic E-state index is 0.0344. The first-order valence-electron chi connectivity index (χ1n) is 9.76. The summed E-state index contributed by atoms with van der Waals surface area (Å²) in [6.45, 7) is 0. The summed E-state index contributed by atoms with van der Waals surface area (Å²) in [4.78, 5) is 16.8. The SMILES string of the molecule is COc1ccc(CCC(=O)Nc2nc(CSCc3cc(OC)cc(OC)c3)cs2)cc1. The van der Waals surface area contributed by atoms with Crippen LogP contribution < -0.4 is 19.5 Å². The van der Waals surface area contributed by atoms with Gasteiger partial charge in [-0.3, -0.25) is 4.79 Å². The van der Waals surface area contributed by atoms with E-state index in [1.54, 1.807) is 33.1 Å². The number of methoxy groups -OCH3 is 3. The largest absolute Gasteiger partial charge is 0.497 e. The fourth-order valence-corrected chi connectivity index (χ4v) is 4.58. The van der Waals surface area contributed by atoms with Gasteiger partial charge in [0.2, 0.25) is 5.91 Å². The molecule has 3 aromatic rings. The molecule has 0 atom stereocenters. The summed E-state index contributed by atoms with van der Waals surface area (Å²) in [6, 6.07) is 13.6. The second-order valence-corrected chi connectivity index (χ2v) is 8.60. The van der Waals surface area contributed by atoms with Crippen LogP contribution in [-0.2, 0) is 22.7 Å². The summed E-state index contributed by atoms with van der Waals surface area (Å²) >= 11 is 3.20. The molecule has 0 radical (unpaired) electrons. The molecule has 0 bridgehead atoms. The molecule has 1 N–H and O–H groups in total. The third-order valence-corrected chi connectivity index (χ3v) is 6.37. The first-order valence-corrected chi connectivity index (χ1v) is 11.8. The molecule has 1 heterocycles. The van der Waals surface area contributed by atoms with Gasteiger partial charge >= 0.3 is 0 Å². The van der Waals surface area contributed by atoms with E-state index in [-0.39, 0.29) is 5.91 Å². The second-order valence-electron chi connectivity index (χ2n) is 6.75. The van der Waals surface area contributed by atoms with E-state index < -0.39 is 0 Å². The smallest absolute Gasteiger partial charge is 0.226 e. The van der Waals surface area contributed by atoms with E-state index in [0.717, 1.165) is 45.6 Å². The van der Waals surface area contributed by atoms with Crippen LogP contribution in [-0.4, -0.2) is 32.2 Å². The van der Waals surface area contributed by atoms with Crippen LogP contribution in [0.5, 0.6) is 17.2 Å². The molecule has 2 aromatic carbocycles. The summed E-state index contributed by atoms with van der Waals surface area (Å²) in [7, 11) is 4.93. The molecule has 0 aliphatic rings. The molecule has 0 unspecified atom stereocenters. The number of thioether (sulfide) groups is 1. The van der Waals surface area contributed by atoms with Crippen molar-refractivity contribution in [2.24, 2.45) is 0 Å². The Labute approximate surface area is 191 Å². The van der Waals surface area contributed by atoms with Crippen molar-refractivity contribution in [3.8, 4) is 17.2 Å². The van der Waals surface area contributed by atoms with Crippen molar-refractivity contribution in [3.05, 3.63) is 64.7 Å². The maximum atomic E-state index is 12.2. The average Bonchev–Trinajstić information content (AvgIpc) is 3.24. The third-order valence-electron chi connectivity index (χ3n) is 4.53. The Morgan fingerprint density at radius 2 is 1.61 bits per heavy atom. The first kappa shape index (κ1) is 23.0. The number of rotatable bonds is 11. The summed E-state index contributed by atoms with van der Waals surface area (Å²) < 4.78 is 15.8. The van der Waals surface area contributed by atoms with Gasteiger partial charge in [-0.1, -0.05) is 12.1 Å². The molecule has 0 saturated carbocycles. The molecule has 3 rings (SSSR count). The van der Waals surface area contributed by atoms with Crippen molar-refractivity contribution in [1.29, 1.82) is 0 Å². The van der Waals surface area contributed by atoms with Gasteiger partial charge in [-0.2, -0.15) is 11.8 Å². The van der Waals surface area contributed by atoms with Crippen molar-refractivity contribution < 1.29 is 19.0 Å². The first-order chi connectivity index (χ1) is 15.1. The van der Waals surface area contributed by atoms with E-state index in [4.69, 9.17) is 14.2 Å². The highest BCUT2D eigenvalue weighted by atomic mass is 32.2. The fourth-order valence-electron chi connectivity index (χ4n) is 2.89. The van der Waals surface area contributed by atoms with Gasteiger partial charge < -0.3 is 19.5 Å². The number of ether oxygens (including phenoxy) is 3. The van der Waals surface area contributed by atoms with Crippen molar-refractivity contribution >= 4 is 34.1 Å². The van der Waals surface area contributed by atoms with E-state index in [0.29, 0.717) is 18.0 Å². The lowest BCUT2D eigenvalue weighted by Crippen LogP contribution is -2.12. The molecule has 0 spiro atoms. The standard InChI is InChI=1S/C23H26N2O4S2/c1-27-19-7-4-16(5-8-19)6-9-22(26)25-23-24-18(15-31-23)14-30-13-17-10-20(28-2)12-21(11-17)29-3/h4-5,7-8,10-12,15H,6,9,13-14H2,1-3H3,(H,24,25,26). The molecular weight excluding hydrogens is 432 g/mol. The Balaban J connectivity index is 1.44. The molecule has 31 heavy (non-hydrogen) atoms. The molecule has 0 aliphatic heterocycles. The Morgan fingerprint density at radius 1 is 0.935 bits per heavy atom. The van der Waals surface area contributed by atoms with Gasteiger partial charge in [0, 0.05) is 29.4 Å². The van der Waals surface area contributed by atoms with Crippen LogP contribution in [0.4, 0.5) is 5.13 Å². The maximum absolute atomic E-state index is 12.2. The summed E-state index contributed by atoms with van der Waals surface area (Å²) in [5.74, 6) is 3.91. The van der Waals surface area contributed by atoms with Crippen LogP contribution >= 0.6 is 23.1 Å². The van der Waals surface area contributed by atoms with Crippen molar-refractivity contribution in [2.45, 2.75) is 24.3 Å². The number of nitrogens with zero attached hydrogens (tertiary/aromatic N) is 1. The molecule has 164 valence electrons. The number of aryl methyl sites for hydroxylation is 1. The van der Waals surface area contributed by atoms with Crippen LogP contribution in [0.2, 0.25) is 0 Å². The minimum atomic E-state index is -0.0344. The van der Waals surface area contributed by atoms with Gasteiger partial charge in [-0.25, -0.2) is 4.98 Å². The van der Waals surface area contributed by atoms with Gasteiger partial charge in [0.25, 0.3) is 0 Å². The highest BCUT2D eigenvalue weighted by molar-refractivity contribution is 7.97. The zero-order valence-electron chi connectivity index (χ0n) is 17.8. The number of carbonyl (C=O) groups is 1. The van der Waals surface area contributed by atoms with Gasteiger partial charge in [-0.15, -0.1) is 11.3 Å². The van der Waals surface area contributed by atoms with Crippen molar-refractivity contribution in [3.63, 3.8) is 0 Å². The molecule has 0 saturated heterocycles. The van der Waals surface area contributed by atoms with Crippen LogP contribution in [0.15, 0.2) is 47.8 Å². The van der Waals surface area contributed by atoms with Gasteiger partial charge in [0.1, 0.15) is 17.2 Å². The molecule has 1 amide bonds. The number of amides is 1. The Hall–Kier alpha value is -2.71. The quantitative estimate of drug-likeness (QED) is 0.427. The zero-order chi connectivity index (χ0) is 22.1. The predicted molar refractivity (Wildman–Crippen MR) is 127 cm³/mol. The minimum Gasteiger partial charge on any atom is -0.497 e. The van der Waals surface area contributed by atoms with Gasteiger partial charge in [-0.05, 0) is 41.8 Å². The Bertz CT molecular complexity index is 967. The molecule has 0 aliphatic carbocycles. The number of hydrogen-bond donors (Lipinski definition) is 1. The number of aromatic nitrogens is 1. The number of carbonyl (C=O) groups excluding carboxylic acids is 1. The Morgan fingerprint density at radius 3 is 2.26 bits per heavy atom. The van der Waals surface area contributed by atoms with Crippen LogP contribution in [0.3, 0.4) is 0 Å². The predicted octanol–water partition coefficient (Wildman–Crippen LogP) is 5.17. The molecule has 1 aromatic heterocycles.